The van der Waals surface area contributed by atoms with Crippen molar-refractivity contribution in [3.8, 4) is 5.75 Å². The molecule has 106 valence electrons. The molecular formula is C15H24N2OS. The van der Waals surface area contributed by atoms with Gasteiger partial charge in [-0.1, -0.05) is 12.1 Å². The van der Waals surface area contributed by atoms with Crippen LogP contribution in [0.2, 0.25) is 0 Å². The molecule has 0 aliphatic carbocycles. The van der Waals surface area contributed by atoms with Gasteiger partial charge in [-0.3, -0.25) is 4.90 Å². The minimum Gasteiger partial charge on any atom is -0.494 e. The van der Waals surface area contributed by atoms with Crippen LogP contribution in [-0.2, 0) is 0 Å². The summed E-state index contributed by atoms with van der Waals surface area (Å²) in [4.78, 5) is 2.44. The summed E-state index contributed by atoms with van der Waals surface area (Å²) >= 11 is 2.04. The molecule has 2 rings (SSSR count). The van der Waals surface area contributed by atoms with Gasteiger partial charge in [-0.25, -0.2) is 0 Å². The number of benzene rings is 1. The molecule has 1 aromatic rings. The van der Waals surface area contributed by atoms with E-state index in [-0.39, 0.29) is 0 Å². The molecule has 0 bridgehead atoms. The summed E-state index contributed by atoms with van der Waals surface area (Å²) in [6.07, 6.45) is 1.27. The molecule has 2 N–H and O–H groups in total. The van der Waals surface area contributed by atoms with E-state index in [0.29, 0.717) is 25.2 Å². The fourth-order valence-corrected chi connectivity index (χ4v) is 3.87. The first kappa shape index (κ1) is 14.7. The molecule has 1 heterocycles. The van der Waals surface area contributed by atoms with E-state index in [1.54, 1.807) is 0 Å². The third-order valence-electron chi connectivity index (χ3n) is 3.77. The Kier molecular flexibility index (Phi) is 5.55. The Hall–Kier alpha value is -0.710. The molecule has 0 amide bonds. The Balaban J connectivity index is 2.07. The van der Waals surface area contributed by atoms with E-state index >= 15 is 0 Å². The van der Waals surface area contributed by atoms with E-state index in [1.807, 2.05) is 30.8 Å². The lowest BCUT2D eigenvalue weighted by Crippen LogP contribution is -2.38. The second-order valence-electron chi connectivity index (χ2n) is 4.94. The highest BCUT2D eigenvalue weighted by molar-refractivity contribution is 7.99. The lowest BCUT2D eigenvalue weighted by Gasteiger charge is -2.32. The number of ether oxygens (including phenoxy) is 1. The van der Waals surface area contributed by atoms with Crippen LogP contribution in [0.5, 0.6) is 5.75 Å². The van der Waals surface area contributed by atoms with Crippen LogP contribution in [0.3, 0.4) is 0 Å². The van der Waals surface area contributed by atoms with Gasteiger partial charge in [0, 0.05) is 24.4 Å². The van der Waals surface area contributed by atoms with Gasteiger partial charge in [-0.15, -0.1) is 0 Å². The zero-order valence-corrected chi connectivity index (χ0v) is 12.7. The maximum atomic E-state index is 5.99. The SMILES string of the molecule is CCOc1ccc(C(CN)N(C)C2CCSC2)cc1. The molecule has 19 heavy (non-hydrogen) atoms. The van der Waals surface area contributed by atoms with Gasteiger partial charge in [0.2, 0.25) is 0 Å². The number of thioether (sulfide) groups is 1. The van der Waals surface area contributed by atoms with E-state index in [9.17, 15) is 0 Å². The highest BCUT2D eigenvalue weighted by Crippen LogP contribution is 2.29. The molecule has 1 aliphatic heterocycles. The average molecular weight is 280 g/mol. The van der Waals surface area contributed by atoms with Crippen molar-refractivity contribution in [3.05, 3.63) is 29.8 Å². The quantitative estimate of drug-likeness (QED) is 0.869. The summed E-state index contributed by atoms with van der Waals surface area (Å²) in [5.74, 6) is 3.43. The van der Waals surface area contributed by atoms with Crippen molar-refractivity contribution in [1.82, 2.24) is 4.90 Å². The number of likely N-dealkylation sites (N-methyl/N-ethyl adjacent to an activating group) is 1. The number of hydrogen-bond donors (Lipinski definition) is 1. The molecule has 4 heteroatoms. The van der Waals surface area contributed by atoms with Gasteiger partial charge in [-0.05, 0) is 43.8 Å². The summed E-state index contributed by atoms with van der Waals surface area (Å²) in [5.41, 5.74) is 7.27. The number of nitrogens with zero attached hydrogens (tertiary/aromatic N) is 1. The lowest BCUT2D eigenvalue weighted by molar-refractivity contribution is 0.192. The molecule has 1 aromatic carbocycles. The number of nitrogens with two attached hydrogens (primary N) is 1. The molecule has 0 spiro atoms. The lowest BCUT2D eigenvalue weighted by atomic mass is 10.0. The van der Waals surface area contributed by atoms with Gasteiger partial charge < -0.3 is 10.5 Å². The first-order valence-corrected chi connectivity index (χ1v) is 8.14. The maximum Gasteiger partial charge on any atom is 0.119 e. The van der Waals surface area contributed by atoms with E-state index in [2.05, 4.69) is 24.1 Å². The van der Waals surface area contributed by atoms with Crippen LogP contribution in [0.4, 0.5) is 0 Å². The molecule has 0 saturated carbocycles. The molecule has 0 aromatic heterocycles. The van der Waals surface area contributed by atoms with E-state index < -0.39 is 0 Å². The predicted octanol–water partition coefficient (Wildman–Crippen LogP) is 2.52. The number of rotatable bonds is 6. The minimum atomic E-state index is 0.305. The molecule has 2 unspecified atom stereocenters. The van der Waals surface area contributed by atoms with Crippen molar-refractivity contribution in [2.75, 3.05) is 31.7 Å². The van der Waals surface area contributed by atoms with Crippen LogP contribution in [0.1, 0.15) is 24.9 Å². The van der Waals surface area contributed by atoms with Crippen LogP contribution < -0.4 is 10.5 Å². The average Bonchev–Trinajstić information content (AvgIpc) is 2.96. The van der Waals surface area contributed by atoms with Gasteiger partial charge in [0.1, 0.15) is 5.75 Å². The van der Waals surface area contributed by atoms with E-state index in [1.165, 1.54) is 23.5 Å². The van der Waals surface area contributed by atoms with Crippen molar-refractivity contribution in [3.63, 3.8) is 0 Å². The molecule has 2 atom stereocenters. The number of hydrogen-bond acceptors (Lipinski definition) is 4. The van der Waals surface area contributed by atoms with Gasteiger partial charge in [0.25, 0.3) is 0 Å². The molecule has 3 nitrogen and oxygen atoms in total. The second-order valence-corrected chi connectivity index (χ2v) is 6.09. The zero-order valence-electron chi connectivity index (χ0n) is 11.8. The van der Waals surface area contributed by atoms with Gasteiger partial charge >= 0.3 is 0 Å². The Morgan fingerprint density at radius 1 is 1.42 bits per heavy atom. The van der Waals surface area contributed by atoms with Crippen molar-refractivity contribution in [1.29, 1.82) is 0 Å². The fraction of sp³-hybridized carbons (Fsp3) is 0.600. The molecule has 1 saturated heterocycles. The summed E-state index contributed by atoms with van der Waals surface area (Å²) in [5, 5.41) is 0. The summed E-state index contributed by atoms with van der Waals surface area (Å²) in [6.45, 7) is 3.37. The first-order valence-electron chi connectivity index (χ1n) is 6.98. The van der Waals surface area contributed by atoms with Crippen molar-refractivity contribution < 1.29 is 4.74 Å². The third kappa shape index (κ3) is 3.65. The topological polar surface area (TPSA) is 38.5 Å². The van der Waals surface area contributed by atoms with Crippen molar-refractivity contribution >= 4 is 11.8 Å². The van der Waals surface area contributed by atoms with E-state index in [4.69, 9.17) is 10.5 Å². The summed E-state index contributed by atoms with van der Waals surface area (Å²) in [7, 11) is 2.20. The Bertz CT molecular complexity index is 376. The van der Waals surface area contributed by atoms with Crippen LogP contribution in [0.15, 0.2) is 24.3 Å². The predicted molar refractivity (Wildman–Crippen MR) is 82.9 cm³/mol. The van der Waals surface area contributed by atoms with Gasteiger partial charge in [0.05, 0.1) is 6.61 Å². The smallest absolute Gasteiger partial charge is 0.119 e. The molecule has 1 fully saturated rings. The fourth-order valence-electron chi connectivity index (χ4n) is 2.59. The summed E-state index contributed by atoms with van der Waals surface area (Å²) in [6, 6.07) is 9.32. The van der Waals surface area contributed by atoms with Gasteiger partial charge in [-0.2, -0.15) is 11.8 Å². The Morgan fingerprint density at radius 3 is 2.68 bits per heavy atom. The molecule has 0 radical (unpaired) electrons. The maximum absolute atomic E-state index is 5.99. The highest BCUT2D eigenvalue weighted by Gasteiger charge is 2.26. The molecule has 1 aliphatic rings. The van der Waals surface area contributed by atoms with Crippen molar-refractivity contribution in [2.45, 2.75) is 25.4 Å². The Morgan fingerprint density at radius 2 is 2.16 bits per heavy atom. The van der Waals surface area contributed by atoms with E-state index in [0.717, 1.165) is 5.75 Å². The standard InChI is InChI=1S/C15H24N2OS/c1-3-18-14-6-4-12(5-7-14)15(10-16)17(2)13-8-9-19-11-13/h4-7,13,15H,3,8-11,16H2,1-2H3. The third-order valence-corrected chi connectivity index (χ3v) is 4.92. The van der Waals surface area contributed by atoms with Gasteiger partial charge in [0.15, 0.2) is 0 Å². The van der Waals surface area contributed by atoms with Crippen LogP contribution in [-0.4, -0.2) is 42.6 Å². The largest absolute Gasteiger partial charge is 0.494 e. The second kappa shape index (κ2) is 7.17. The first-order chi connectivity index (χ1) is 9.26. The summed E-state index contributed by atoms with van der Waals surface area (Å²) < 4.78 is 5.49. The Labute approximate surface area is 120 Å². The minimum absolute atomic E-state index is 0.305. The van der Waals surface area contributed by atoms with Crippen LogP contribution >= 0.6 is 11.8 Å². The van der Waals surface area contributed by atoms with Crippen LogP contribution in [0.25, 0.3) is 0 Å². The monoisotopic (exact) mass is 280 g/mol. The molecular weight excluding hydrogens is 256 g/mol. The highest BCUT2D eigenvalue weighted by atomic mass is 32.2. The zero-order chi connectivity index (χ0) is 13.7. The van der Waals surface area contributed by atoms with Crippen molar-refractivity contribution in [2.24, 2.45) is 5.73 Å². The normalized spacial score (nSPS) is 20.7. The van der Waals surface area contributed by atoms with Crippen LogP contribution in [0, 0.1) is 0 Å².